The summed E-state index contributed by atoms with van der Waals surface area (Å²) in [5.74, 6) is 0.789. The highest BCUT2D eigenvalue weighted by Crippen LogP contribution is 2.34. The molecule has 0 atom stereocenters. The lowest BCUT2D eigenvalue weighted by atomic mass is 10.0. The van der Waals surface area contributed by atoms with Gasteiger partial charge in [0, 0.05) is 11.3 Å². The van der Waals surface area contributed by atoms with Gasteiger partial charge < -0.3 is 5.32 Å². The van der Waals surface area contributed by atoms with Crippen molar-refractivity contribution in [2.24, 2.45) is 4.40 Å². The molecule has 136 valence electrons. The van der Waals surface area contributed by atoms with Crippen molar-refractivity contribution in [3.8, 4) is 0 Å². The van der Waals surface area contributed by atoms with Crippen LogP contribution in [-0.4, -0.2) is 14.3 Å². The van der Waals surface area contributed by atoms with E-state index in [2.05, 4.69) is 29.6 Å². The Bertz CT molecular complexity index is 1010. The van der Waals surface area contributed by atoms with Gasteiger partial charge in [0.25, 0.3) is 10.0 Å². The number of aryl methyl sites for hydroxylation is 2. The molecule has 0 amide bonds. The van der Waals surface area contributed by atoms with E-state index in [1.165, 1.54) is 5.56 Å². The molecule has 1 aliphatic heterocycles. The summed E-state index contributed by atoms with van der Waals surface area (Å²) < 4.78 is 29.3. The van der Waals surface area contributed by atoms with Crippen molar-refractivity contribution in [1.29, 1.82) is 0 Å². The molecule has 0 fully saturated rings. The van der Waals surface area contributed by atoms with E-state index in [0.29, 0.717) is 22.9 Å². The SMILES string of the molecule is CC1=C(c2ccc(C(C)C)cc2)S(=O)(=O)N=C1Nc1ccc(C)cc1C. The molecule has 0 unspecified atom stereocenters. The maximum absolute atomic E-state index is 12.6. The maximum atomic E-state index is 12.6. The molecule has 0 radical (unpaired) electrons. The van der Waals surface area contributed by atoms with Crippen molar-refractivity contribution in [2.45, 2.75) is 40.5 Å². The van der Waals surface area contributed by atoms with Gasteiger partial charge >= 0.3 is 0 Å². The minimum atomic E-state index is -3.71. The molecule has 0 saturated carbocycles. The lowest BCUT2D eigenvalue weighted by molar-refractivity contribution is 0.608. The van der Waals surface area contributed by atoms with Crippen molar-refractivity contribution in [1.82, 2.24) is 0 Å². The number of anilines is 1. The van der Waals surface area contributed by atoms with Crippen LogP contribution in [0.3, 0.4) is 0 Å². The Kier molecular flexibility index (Phi) is 4.76. The molecule has 0 aromatic heterocycles. The van der Waals surface area contributed by atoms with Gasteiger partial charge in [-0.15, -0.1) is 4.40 Å². The Hall–Kier alpha value is -2.40. The van der Waals surface area contributed by atoms with E-state index in [9.17, 15) is 8.42 Å². The molecule has 0 aliphatic carbocycles. The van der Waals surface area contributed by atoms with Crippen LogP contribution >= 0.6 is 0 Å². The number of sulfonamides is 1. The van der Waals surface area contributed by atoms with E-state index in [-0.39, 0.29) is 4.91 Å². The van der Waals surface area contributed by atoms with Gasteiger partial charge in [-0.2, -0.15) is 8.42 Å². The Labute approximate surface area is 155 Å². The zero-order chi connectivity index (χ0) is 19.1. The Balaban J connectivity index is 1.99. The minimum absolute atomic E-state index is 0.278. The molecule has 5 heteroatoms. The van der Waals surface area contributed by atoms with Crippen LogP contribution in [0.1, 0.15) is 48.9 Å². The number of hydrogen-bond donors (Lipinski definition) is 1. The first-order chi connectivity index (χ1) is 12.2. The van der Waals surface area contributed by atoms with Crippen molar-refractivity contribution >= 4 is 26.5 Å². The van der Waals surface area contributed by atoms with E-state index < -0.39 is 10.0 Å². The first-order valence-electron chi connectivity index (χ1n) is 8.70. The van der Waals surface area contributed by atoms with E-state index in [4.69, 9.17) is 0 Å². The van der Waals surface area contributed by atoms with Crippen molar-refractivity contribution in [2.75, 3.05) is 5.32 Å². The monoisotopic (exact) mass is 368 g/mol. The Morgan fingerprint density at radius 3 is 2.19 bits per heavy atom. The average Bonchev–Trinajstić information content (AvgIpc) is 2.79. The van der Waals surface area contributed by atoms with Gasteiger partial charge in [0.15, 0.2) is 0 Å². The van der Waals surface area contributed by atoms with Gasteiger partial charge in [0.2, 0.25) is 0 Å². The third-order valence-corrected chi connectivity index (χ3v) is 6.12. The van der Waals surface area contributed by atoms with Gasteiger partial charge in [0.05, 0.1) is 0 Å². The van der Waals surface area contributed by atoms with Gasteiger partial charge in [-0.05, 0) is 49.4 Å². The van der Waals surface area contributed by atoms with Crippen LogP contribution in [0, 0.1) is 13.8 Å². The van der Waals surface area contributed by atoms with Gasteiger partial charge in [-0.25, -0.2) is 0 Å². The van der Waals surface area contributed by atoms with Crippen LogP contribution in [0.4, 0.5) is 5.69 Å². The van der Waals surface area contributed by atoms with E-state index in [1.807, 2.05) is 50.2 Å². The molecule has 2 aromatic rings. The number of nitrogens with one attached hydrogen (secondary N) is 1. The summed E-state index contributed by atoms with van der Waals surface area (Å²) in [6, 6.07) is 13.7. The van der Waals surface area contributed by atoms with Crippen LogP contribution < -0.4 is 5.32 Å². The second-order valence-electron chi connectivity index (χ2n) is 7.09. The lowest BCUT2D eigenvalue weighted by Crippen LogP contribution is -2.12. The second kappa shape index (κ2) is 6.72. The number of amidine groups is 1. The molecule has 0 spiro atoms. The minimum Gasteiger partial charge on any atom is -0.339 e. The normalized spacial score (nSPS) is 16.2. The van der Waals surface area contributed by atoms with Gasteiger partial charge in [-0.1, -0.05) is 55.8 Å². The highest BCUT2D eigenvalue weighted by molar-refractivity contribution is 8.00. The predicted molar refractivity (Wildman–Crippen MR) is 109 cm³/mol. The van der Waals surface area contributed by atoms with E-state index in [1.54, 1.807) is 6.92 Å². The molecule has 4 nitrogen and oxygen atoms in total. The maximum Gasteiger partial charge on any atom is 0.285 e. The van der Waals surface area contributed by atoms with E-state index in [0.717, 1.165) is 16.8 Å². The smallest absolute Gasteiger partial charge is 0.285 e. The zero-order valence-electron chi connectivity index (χ0n) is 15.8. The summed E-state index contributed by atoms with van der Waals surface area (Å²) in [6.45, 7) is 10.0. The second-order valence-corrected chi connectivity index (χ2v) is 8.63. The van der Waals surface area contributed by atoms with Crippen molar-refractivity contribution in [3.63, 3.8) is 0 Å². The highest BCUT2D eigenvalue weighted by atomic mass is 32.2. The fraction of sp³-hybridized carbons (Fsp3) is 0.286. The zero-order valence-corrected chi connectivity index (χ0v) is 16.6. The molecule has 3 rings (SSSR count). The summed E-state index contributed by atoms with van der Waals surface area (Å²) in [5, 5.41) is 3.18. The predicted octanol–water partition coefficient (Wildman–Crippen LogP) is 5.01. The third kappa shape index (κ3) is 3.44. The molecule has 2 aromatic carbocycles. The van der Waals surface area contributed by atoms with Crippen molar-refractivity contribution < 1.29 is 8.42 Å². The first kappa shape index (κ1) is 18.4. The summed E-state index contributed by atoms with van der Waals surface area (Å²) >= 11 is 0. The largest absolute Gasteiger partial charge is 0.339 e. The highest BCUT2D eigenvalue weighted by Gasteiger charge is 2.31. The molecule has 0 bridgehead atoms. The number of hydrogen-bond acceptors (Lipinski definition) is 3. The van der Waals surface area contributed by atoms with Crippen LogP contribution in [0.15, 0.2) is 52.4 Å². The van der Waals surface area contributed by atoms with Crippen LogP contribution in [0.2, 0.25) is 0 Å². The Morgan fingerprint density at radius 1 is 0.962 bits per heavy atom. The summed E-state index contributed by atoms with van der Waals surface area (Å²) in [4.78, 5) is 0.278. The summed E-state index contributed by atoms with van der Waals surface area (Å²) in [7, 11) is -3.71. The molecule has 1 aliphatic rings. The van der Waals surface area contributed by atoms with Crippen LogP contribution in [0.5, 0.6) is 0 Å². The van der Waals surface area contributed by atoms with Crippen LogP contribution in [-0.2, 0) is 10.0 Å². The molecular formula is C21H24N2O2S. The molecule has 0 saturated heterocycles. The fourth-order valence-corrected chi connectivity index (χ4v) is 4.55. The number of rotatable bonds is 3. The molecule has 26 heavy (non-hydrogen) atoms. The van der Waals surface area contributed by atoms with Crippen LogP contribution in [0.25, 0.3) is 4.91 Å². The number of nitrogens with zero attached hydrogens (tertiary/aromatic N) is 1. The molecule has 1 heterocycles. The quantitative estimate of drug-likeness (QED) is 0.828. The van der Waals surface area contributed by atoms with Gasteiger partial charge in [0.1, 0.15) is 10.7 Å². The standard InChI is InChI=1S/C21H24N2O2S/c1-13(2)17-7-9-18(10-8-17)20-16(5)21(23-26(20,24)25)22-19-11-6-14(3)12-15(19)4/h6-13H,1-5H3,(H,22,23). The Morgan fingerprint density at radius 2 is 1.62 bits per heavy atom. The van der Waals surface area contributed by atoms with E-state index >= 15 is 0 Å². The first-order valence-corrected chi connectivity index (χ1v) is 10.1. The number of benzene rings is 2. The van der Waals surface area contributed by atoms with Crippen molar-refractivity contribution in [3.05, 3.63) is 70.3 Å². The summed E-state index contributed by atoms with van der Waals surface area (Å²) in [6.07, 6.45) is 0. The molecule has 1 N–H and O–H groups in total. The van der Waals surface area contributed by atoms with Gasteiger partial charge in [-0.3, -0.25) is 0 Å². The third-order valence-electron chi connectivity index (χ3n) is 4.64. The fourth-order valence-electron chi connectivity index (χ4n) is 3.12. The summed E-state index contributed by atoms with van der Waals surface area (Å²) in [5.41, 5.74) is 5.56. The topological polar surface area (TPSA) is 58.5 Å². The lowest BCUT2D eigenvalue weighted by Gasteiger charge is -2.11. The average molecular weight is 369 g/mol. The molecular weight excluding hydrogens is 344 g/mol.